The summed E-state index contributed by atoms with van der Waals surface area (Å²) in [6, 6.07) is 2.66. The summed E-state index contributed by atoms with van der Waals surface area (Å²) in [7, 11) is 0. The van der Waals surface area contributed by atoms with Crippen molar-refractivity contribution in [1.29, 1.82) is 0 Å². The van der Waals surface area contributed by atoms with Gasteiger partial charge in [-0.05, 0) is 32.4 Å². The molecule has 1 rings (SSSR count). The van der Waals surface area contributed by atoms with Gasteiger partial charge in [0, 0.05) is 13.1 Å². The van der Waals surface area contributed by atoms with Gasteiger partial charge < -0.3 is 14.6 Å². The van der Waals surface area contributed by atoms with Crippen molar-refractivity contribution in [1.82, 2.24) is 10.2 Å². The summed E-state index contributed by atoms with van der Waals surface area (Å²) in [6.07, 6.45) is 3.44. The number of hydrogen-bond donors (Lipinski definition) is 1. The van der Waals surface area contributed by atoms with Gasteiger partial charge in [0.15, 0.2) is 5.76 Å². The van der Waals surface area contributed by atoms with Crippen LogP contribution in [0.1, 0.15) is 44.2 Å². The highest BCUT2D eigenvalue weighted by molar-refractivity contribution is 5.95. The first-order chi connectivity index (χ1) is 9.10. The standard InChI is InChI=1S/C14H22N2O3/c1-4-6-9-16(5-2)14(18)11(3)15-13(17)12-8-7-10-19-12/h7-8,10-11H,4-6,9H2,1-3H3,(H,15,17). The van der Waals surface area contributed by atoms with Gasteiger partial charge in [0.25, 0.3) is 5.91 Å². The first kappa shape index (κ1) is 15.3. The van der Waals surface area contributed by atoms with Gasteiger partial charge in [-0.25, -0.2) is 0 Å². The Morgan fingerprint density at radius 1 is 1.42 bits per heavy atom. The molecule has 1 aromatic heterocycles. The van der Waals surface area contributed by atoms with Crippen LogP contribution in [-0.2, 0) is 4.79 Å². The molecule has 0 fully saturated rings. The molecule has 1 heterocycles. The van der Waals surface area contributed by atoms with Gasteiger partial charge in [0.05, 0.1) is 6.26 Å². The highest BCUT2D eigenvalue weighted by Gasteiger charge is 2.21. The summed E-state index contributed by atoms with van der Waals surface area (Å²) < 4.78 is 4.99. The molecule has 0 aliphatic heterocycles. The lowest BCUT2D eigenvalue weighted by Gasteiger charge is -2.24. The van der Waals surface area contributed by atoms with Crippen LogP contribution in [0, 0.1) is 0 Å². The topological polar surface area (TPSA) is 62.6 Å². The van der Waals surface area contributed by atoms with Crippen molar-refractivity contribution < 1.29 is 14.0 Å². The molecular formula is C14H22N2O3. The Labute approximate surface area is 114 Å². The average Bonchev–Trinajstić information content (AvgIpc) is 2.93. The van der Waals surface area contributed by atoms with Crippen molar-refractivity contribution in [3.63, 3.8) is 0 Å². The maximum Gasteiger partial charge on any atom is 0.287 e. The van der Waals surface area contributed by atoms with Gasteiger partial charge in [-0.2, -0.15) is 0 Å². The molecule has 0 spiro atoms. The molecule has 0 radical (unpaired) electrons. The molecule has 5 heteroatoms. The summed E-state index contributed by atoms with van der Waals surface area (Å²) in [5, 5.41) is 2.65. The molecule has 0 saturated heterocycles. The van der Waals surface area contributed by atoms with Crippen LogP contribution < -0.4 is 5.32 Å². The fraction of sp³-hybridized carbons (Fsp3) is 0.571. The van der Waals surface area contributed by atoms with E-state index in [1.807, 2.05) is 6.92 Å². The number of likely N-dealkylation sites (N-methyl/N-ethyl adjacent to an activating group) is 1. The zero-order valence-corrected chi connectivity index (χ0v) is 11.8. The summed E-state index contributed by atoms with van der Waals surface area (Å²) in [5.41, 5.74) is 0. The Kier molecular flexibility index (Phi) is 6.12. The third-order valence-corrected chi connectivity index (χ3v) is 2.94. The van der Waals surface area contributed by atoms with Gasteiger partial charge in [0.1, 0.15) is 6.04 Å². The molecule has 0 saturated carbocycles. The zero-order valence-electron chi connectivity index (χ0n) is 11.8. The molecule has 5 nitrogen and oxygen atoms in total. The number of nitrogens with zero attached hydrogens (tertiary/aromatic N) is 1. The van der Waals surface area contributed by atoms with Crippen molar-refractivity contribution in [2.24, 2.45) is 0 Å². The van der Waals surface area contributed by atoms with E-state index in [4.69, 9.17) is 4.42 Å². The van der Waals surface area contributed by atoms with Crippen LogP contribution in [0.5, 0.6) is 0 Å². The molecule has 19 heavy (non-hydrogen) atoms. The van der Waals surface area contributed by atoms with E-state index in [0.717, 1.165) is 19.4 Å². The molecule has 1 aromatic rings. The molecule has 0 aliphatic carbocycles. The number of amides is 2. The number of hydrogen-bond acceptors (Lipinski definition) is 3. The molecular weight excluding hydrogens is 244 g/mol. The Balaban J connectivity index is 2.53. The molecule has 0 aromatic carbocycles. The fourth-order valence-electron chi connectivity index (χ4n) is 1.78. The number of nitrogens with one attached hydrogen (secondary N) is 1. The highest BCUT2D eigenvalue weighted by Crippen LogP contribution is 2.03. The molecule has 2 amide bonds. The van der Waals surface area contributed by atoms with Crippen LogP contribution in [0.2, 0.25) is 0 Å². The molecule has 1 atom stereocenters. The van der Waals surface area contributed by atoms with E-state index in [9.17, 15) is 9.59 Å². The summed E-state index contributed by atoms with van der Waals surface area (Å²) >= 11 is 0. The van der Waals surface area contributed by atoms with Crippen LogP contribution in [0.25, 0.3) is 0 Å². The SMILES string of the molecule is CCCCN(CC)C(=O)C(C)NC(=O)c1ccco1. The van der Waals surface area contributed by atoms with Crippen LogP contribution in [0.4, 0.5) is 0 Å². The Morgan fingerprint density at radius 2 is 2.16 bits per heavy atom. The van der Waals surface area contributed by atoms with E-state index >= 15 is 0 Å². The number of carbonyl (C=O) groups excluding carboxylic acids is 2. The lowest BCUT2D eigenvalue weighted by atomic mass is 10.2. The largest absolute Gasteiger partial charge is 0.459 e. The lowest BCUT2D eigenvalue weighted by Crippen LogP contribution is -2.47. The minimum Gasteiger partial charge on any atom is -0.459 e. The number of carbonyl (C=O) groups is 2. The van der Waals surface area contributed by atoms with Crippen LogP contribution >= 0.6 is 0 Å². The van der Waals surface area contributed by atoms with Crippen molar-refractivity contribution in [3.05, 3.63) is 24.2 Å². The minimum absolute atomic E-state index is 0.0594. The molecule has 1 N–H and O–H groups in total. The molecule has 1 unspecified atom stereocenters. The van der Waals surface area contributed by atoms with Gasteiger partial charge in [-0.1, -0.05) is 13.3 Å². The van der Waals surface area contributed by atoms with Gasteiger partial charge >= 0.3 is 0 Å². The third-order valence-electron chi connectivity index (χ3n) is 2.94. The first-order valence-corrected chi connectivity index (χ1v) is 6.73. The summed E-state index contributed by atoms with van der Waals surface area (Å²) in [4.78, 5) is 25.7. The monoisotopic (exact) mass is 266 g/mol. The van der Waals surface area contributed by atoms with Crippen LogP contribution in [0.15, 0.2) is 22.8 Å². The minimum atomic E-state index is -0.547. The van der Waals surface area contributed by atoms with E-state index < -0.39 is 6.04 Å². The normalized spacial score (nSPS) is 11.9. The van der Waals surface area contributed by atoms with E-state index in [0.29, 0.717) is 6.54 Å². The van der Waals surface area contributed by atoms with Gasteiger partial charge in [0.2, 0.25) is 5.91 Å². The second-order valence-electron chi connectivity index (χ2n) is 4.44. The second kappa shape index (κ2) is 7.61. The number of unbranched alkanes of at least 4 members (excludes halogenated alkanes) is 1. The molecule has 106 valence electrons. The number of rotatable bonds is 7. The van der Waals surface area contributed by atoms with Crippen molar-refractivity contribution in [2.75, 3.05) is 13.1 Å². The van der Waals surface area contributed by atoms with E-state index in [1.54, 1.807) is 24.0 Å². The fourth-order valence-corrected chi connectivity index (χ4v) is 1.78. The lowest BCUT2D eigenvalue weighted by molar-refractivity contribution is -0.132. The Morgan fingerprint density at radius 3 is 2.68 bits per heavy atom. The Bertz CT molecular complexity index is 401. The van der Waals surface area contributed by atoms with E-state index in [1.165, 1.54) is 6.26 Å². The van der Waals surface area contributed by atoms with E-state index in [2.05, 4.69) is 12.2 Å². The predicted octanol–water partition coefficient (Wildman–Crippen LogP) is 2.05. The van der Waals surface area contributed by atoms with Gasteiger partial charge in [-0.3, -0.25) is 9.59 Å². The molecule has 0 aliphatic rings. The maximum atomic E-state index is 12.2. The van der Waals surface area contributed by atoms with Crippen molar-refractivity contribution in [2.45, 2.75) is 39.7 Å². The maximum absolute atomic E-state index is 12.2. The predicted molar refractivity (Wildman–Crippen MR) is 72.8 cm³/mol. The first-order valence-electron chi connectivity index (χ1n) is 6.73. The third kappa shape index (κ3) is 4.43. The van der Waals surface area contributed by atoms with E-state index in [-0.39, 0.29) is 17.6 Å². The summed E-state index contributed by atoms with van der Waals surface area (Å²) in [6.45, 7) is 7.10. The average molecular weight is 266 g/mol. The van der Waals surface area contributed by atoms with Crippen molar-refractivity contribution >= 4 is 11.8 Å². The second-order valence-corrected chi connectivity index (χ2v) is 4.44. The van der Waals surface area contributed by atoms with Gasteiger partial charge in [-0.15, -0.1) is 0 Å². The Hall–Kier alpha value is -1.78. The van der Waals surface area contributed by atoms with Crippen LogP contribution in [0.3, 0.4) is 0 Å². The van der Waals surface area contributed by atoms with Crippen LogP contribution in [-0.4, -0.2) is 35.8 Å². The smallest absolute Gasteiger partial charge is 0.287 e. The summed E-state index contributed by atoms with van der Waals surface area (Å²) in [5.74, 6) is -0.204. The number of furan rings is 1. The van der Waals surface area contributed by atoms with Crippen molar-refractivity contribution in [3.8, 4) is 0 Å². The highest BCUT2D eigenvalue weighted by atomic mass is 16.3. The quantitative estimate of drug-likeness (QED) is 0.821. The molecule has 0 bridgehead atoms. The zero-order chi connectivity index (χ0) is 14.3.